The number of halogens is 1. The van der Waals surface area contributed by atoms with Crippen molar-refractivity contribution < 1.29 is 18.7 Å². The van der Waals surface area contributed by atoms with Crippen LogP contribution in [-0.4, -0.2) is 28.3 Å². The van der Waals surface area contributed by atoms with E-state index in [1.807, 2.05) is 32.0 Å². The average Bonchev–Trinajstić information content (AvgIpc) is 3.41. The minimum Gasteiger partial charge on any atom is -0.451 e. The van der Waals surface area contributed by atoms with Crippen LogP contribution in [0.4, 0.5) is 10.1 Å². The van der Waals surface area contributed by atoms with E-state index in [0.717, 1.165) is 60.2 Å². The molecular weight excluding hydrogens is 409 g/mol. The van der Waals surface area contributed by atoms with Crippen molar-refractivity contribution >= 4 is 17.6 Å². The first-order valence-corrected chi connectivity index (χ1v) is 11.0. The third kappa shape index (κ3) is 4.28. The first-order chi connectivity index (χ1) is 15.5. The fourth-order valence-corrected chi connectivity index (χ4v) is 4.18. The number of hydrogen-bond acceptors (Lipinski definition) is 4. The lowest BCUT2D eigenvalue weighted by molar-refractivity contribution is -0.119. The Morgan fingerprint density at radius 3 is 2.41 bits per heavy atom. The van der Waals surface area contributed by atoms with Crippen molar-refractivity contribution in [2.75, 3.05) is 11.9 Å². The Morgan fingerprint density at radius 2 is 1.75 bits per heavy atom. The maximum atomic E-state index is 13.3. The SMILES string of the molecule is CCc1cccc(CC)c1NC(=O)COC(=O)c1nn(-c2ccc(F)cc2)c2c1CCC2. The minimum absolute atomic E-state index is 0.220. The molecule has 0 spiro atoms. The number of carbonyl (C=O) groups excluding carboxylic acids is 2. The van der Waals surface area contributed by atoms with Gasteiger partial charge in [0.25, 0.3) is 5.91 Å². The van der Waals surface area contributed by atoms with E-state index in [2.05, 4.69) is 10.4 Å². The van der Waals surface area contributed by atoms with Gasteiger partial charge in [0, 0.05) is 16.9 Å². The molecule has 0 aliphatic heterocycles. The van der Waals surface area contributed by atoms with Gasteiger partial charge in [0.1, 0.15) is 5.82 Å². The molecule has 1 aliphatic carbocycles. The van der Waals surface area contributed by atoms with Gasteiger partial charge in [0.15, 0.2) is 12.3 Å². The molecule has 0 radical (unpaired) electrons. The Balaban J connectivity index is 1.48. The lowest BCUT2D eigenvalue weighted by atomic mass is 10.0. The third-order valence-corrected chi connectivity index (χ3v) is 5.79. The number of carbonyl (C=O) groups is 2. The van der Waals surface area contributed by atoms with Gasteiger partial charge >= 0.3 is 5.97 Å². The van der Waals surface area contributed by atoms with Crippen molar-refractivity contribution in [2.45, 2.75) is 46.0 Å². The number of esters is 1. The summed E-state index contributed by atoms with van der Waals surface area (Å²) in [5.41, 5.74) is 5.55. The van der Waals surface area contributed by atoms with Crippen molar-refractivity contribution in [3.63, 3.8) is 0 Å². The number of fused-ring (bicyclic) bond motifs is 1. The van der Waals surface area contributed by atoms with Gasteiger partial charge in [-0.05, 0) is 67.5 Å². The van der Waals surface area contributed by atoms with Crippen LogP contribution in [0.25, 0.3) is 5.69 Å². The topological polar surface area (TPSA) is 73.2 Å². The predicted octanol–water partition coefficient (Wildman–Crippen LogP) is 4.42. The monoisotopic (exact) mass is 435 g/mol. The molecule has 1 heterocycles. The van der Waals surface area contributed by atoms with Gasteiger partial charge < -0.3 is 10.1 Å². The molecule has 32 heavy (non-hydrogen) atoms. The van der Waals surface area contributed by atoms with Crippen LogP contribution in [0.5, 0.6) is 0 Å². The Hall–Kier alpha value is -3.48. The second kappa shape index (κ2) is 9.34. The highest BCUT2D eigenvalue weighted by molar-refractivity contribution is 5.96. The van der Waals surface area contributed by atoms with Crippen molar-refractivity contribution in [1.29, 1.82) is 0 Å². The highest BCUT2D eigenvalue weighted by Gasteiger charge is 2.28. The molecule has 1 N–H and O–H groups in total. The van der Waals surface area contributed by atoms with Crippen LogP contribution in [0.1, 0.15) is 53.1 Å². The zero-order valence-electron chi connectivity index (χ0n) is 18.3. The van der Waals surface area contributed by atoms with E-state index in [-0.39, 0.29) is 17.4 Å². The standard InChI is InChI=1S/C25H26FN3O3/c1-3-16-7-5-8-17(4-2)23(16)27-22(30)15-32-25(31)24-20-9-6-10-21(20)29(28-24)19-13-11-18(26)12-14-19/h5,7-8,11-14H,3-4,6,9-10,15H2,1-2H3,(H,27,30). The van der Waals surface area contributed by atoms with Gasteiger partial charge in [0.2, 0.25) is 0 Å². The number of ether oxygens (including phenoxy) is 1. The zero-order valence-corrected chi connectivity index (χ0v) is 18.3. The summed E-state index contributed by atoms with van der Waals surface area (Å²) in [6.07, 6.45) is 3.98. The van der Waals surface area contributed by atoms with Crippen molar-refractivity contribution in [3.05, 3.63) is 76.4 Å². The van der Waals surface area contributed by atoms with Crippen molar-refractivity contribution in [3.8, 4) is 5.69 Å². The molecule has 3 aromatic rings. The fraction of sp³-hybridized carbons (Fsp3) is 0.320. The Kier molecular flexibility index (Phi) is 6.35. The molecule has 166 valence electrons. The molecule has 1 aromatic heterocycles. The van der Waals surface area contributed by atoms with Crippen LogP contribution in [0.2, 0.25) is 0 Å². The number of amides is 1. The fourth-order valence-electron chi connectivity index (χ4n) is 4.18. The van der Waals surface area contributed by atoms with Crippen LogP contribution < -0.4 is 5.32 Å². The van der Waals surface area contributed by atoms with E-state index >= 15 is 0 Å². The van der Waals surface area contributed by atoms with E-state index in [9.17, 15) is 14.0 Å². The summed E-state index contributed by atoms with van der Waals surface area (Å²) in [5, 5.41) is 7.34. The van der Waals surface area contributed by atoms with Gasteiger partial charge in [-0.2, -0.15) is 5.10 Å². The molecule has 6 nitrogen and oxygen atoms in total. The predicted molar refractivity (Wildman–Crippen MR) is 120 cm³/mol. The second-order valence-electron chi connectivity index (χ2n) is 7.80. The molecule has 0 atom stereocenters. The van der Waals surface area contributed by atoms with E-state index in [1.165, 1.54) is 12.1 Å². The highest BCUT2D eigenvalue weighted by Crippen LogP contribution is 2.28. The number of anilines is 1. The largest absolute Gasteiger partial charge is 0.451 e. The maximum Gasteiger partial charge on any atom is 0.359 e. The quantitative estimate of drug-likeness (QED) is 0.558. The summed E-state index contributed by atoms with van der Waals surface area (Å²) in [4.78, 5) is 25.3. The van der Waals surface area contributed by atoms with E-state index < -0.39 is 12.6 Å². The Labute approximate surface area is 186 Å². The van der Waals surface area contributed by atoms with E-state index in [0.29, 0.717) is 5.69 Å². The number of hydrogen-bond donors (Lipinski definition) is 1. The molecule has 7 heteroatoms. The number of nitrogens with zero attached hydrogens (tertiary/aromatic N) is 2. The van der Waals surface area contributed by atoms with Crippen LogP contribution >= 0.6 is 0 Å². The summed E-state index contributed by atoms with van der Waals surface area (Å²) in [7, 11) is 0. The van der Waals surface area contributed by atoms with E-state index in [4.69, 9.17) is 4.74 Å². The number of para-hydroxylation sites is 1. The first kappa shape index (κ1) is 21.7. The van der Waals surface area contributed by atoms with Crippen LogP contribution in [0, 0.1) is 5.82 Å². The van der Waals surface area contributed by atoms with Gasteiger partial charge in [-0.1, -0.05) is 32.0 Å². The lowest BCUT2D eigenvalue weighted by Crippen LogP contribution is -2.23. The molecule has 0 saturated heterocycles. The smallest absolute Gasteiger partial charge is 0.359 e. The van der Waals surface area contributed by atoms with Gasteiger partial charge in [0.05, 0.1) is 5.69 Å². The summed E-state index contributed by atoms with van der Waals surface area (Å²) >= 11 is 0. The lowest BCUT2D eigenvalue weighted by Gasteiger charge is -2.14. The van der Waals surface area contributed by atoms with Gasteiger partial charge in [-0.15, -0.1) is 0 Å². The Bertz CT molecular complexity index is 1130. The molecular formula is C25H26FN3O3. The normalized spacial score (nSPS) is 12.5. The molecule has 0 saturated carbocycles. The number of aromatic nitrogens is 2. The minimum atomic E-state index is -0.626. The van der Waals surface area contributed by atoms with Crippen LogP contribution in [-0.2, 0) is 35.2 Å². The second-order valence-corrected chi connectivity index (χ2v) is 7.80. The average molecular weight is 435 g/mol. The van der Waals surface area contributed by atoms with Gasteiger partial charge in [-0.25, -0.2) is 13.9 Å². The number of aryl methyl sites for hydroxylation is 2. The van der Waals surface area contributed by atoms with E-state index in [1.54, 1.807) is 16.8 Å². The van der Waals surface area contributed by atoms with Crippen LogP contribution in [0.3, 0.4) is 0 Å². The number of benzene rings is 2. The van der Waals surface area contributed by atoms with Crippen molar-refractivity contribution in [2.24, 2.45) is 0 Å². The molecule has 4 rings (SSSR count). The maximum absolute atomic E-state index is 13.3. The summed E-state index contributed by atoms with van der Waals surface area (Å²) in [5.74, 6) is -1.35. The number of rotatable bonds is 7. The van der Waals surface area contributed by atoms with Crippen LogP contribution in [0.15, 0.2) is 42.5 Å². The summed E-state index contributed by atoms with van der Waals surface area (Å²) in [6.45, 7) is 3.67. The number of nitrogens with one attached hydrogen (secondary N) is 1. The molecule has 0 fully saturated rings. The molecule has 2 aromatic carbocycles. The third-order valence-electron chi connectivity index (χ3n) is 5.79. The molecule has 1 amide bonds. The molecule has 1 aliphatic rings. The Morgan fingerprint density at radius 1 is 1.06 bits per heavy atom. The first-order valence-electron chi connectivity index (χ1n) is 11.0. The summed E-state index contributed by atoms with van der Waals surface area (Å²) < 4.78 is 20.3. The van der Waals surface area contributed by atoms with Gasteiger partial charge in [-0.3, -0.25) is 4.79 Å². The van der Waals surface area contributed by atoms with Crippen molar-refractivity contribution in [1.82, 2.24) is 9.78 Å². The zero-order chi connectivity index (χ0) is 22.7. The summed E-state index contributed by atoms with van der Waals surface area (Å²) in [6, 6.07) is 11.9. The molecule has 0 unspecified atom stereocenters. The molecule has 0 bridgehead atoms. The highest BCUT2D eigenvalue weighted by atomic mass is 19.1.